The van der Waals surface area contributed by atoms with E-state index < -0.39 is 0 Å². The highest BCUT2D eigenvalue weighted by atomic mass is 35.5. The van der Waals surface area contributed by atoms with Gasteiger partial charge in [-0.2, -0.15) is 0 Å². The summed E-state index contributed by atoms with van der Waals surface area (Å²) in [5.74, 6) is 3.52. The summed E-state index contributed by atoms with van der Waals surface area (Å²) in [5, 5.41) is 0.713. The van der Waals surface area contributed by atoms with E-state index in [0.717, 1.165) is 35.6 Å². The van der Waals surface area contributed by atoms with Gasteiger partial charge in [0.25, 0.3) is 0 Å². The number of methoxy groups -OCH3 is 3. The molecule has 0 saturated carbocycles. The molecule has 0 aromatic heterocycles. The van der Waals surface area contributed by atoms with Crippen LogP contribution in [-0.4, -0.2) is 39.6 Å². The monoisotopic (exact) mass is 467 g/mol. The van der Waals surface area contributed by atoms with E-state index in [1.165, 1.54) is 11.1 Å². The molecule has 7 heteroatoms. The van der Waals surface area contributed by atoms with Gasteiger partial charge in [0, 0.05) is 18.1 Å². The summed E-state index contributed by atoms with van der Waals surface area (Å²) in [6.07, 6.45) is 0.897. The molecule has 0 bridgehead atoms. The maximum absolute atomic E-state index is 6.40. The number of ether oxygens (including phenoxy) is 5. The van der Waals surface area contributed by atoms with Gasteiger partial charge in [-0.3, -0.25) is 4.90 Å². The zero-order chi connectivity index (χ0) is 22.9. The minimum Gasteiger partial charge on any atom is -0.493 e. The van der Waals surface area contributed by atoms with E-state index >= 15 is 0 Å². The fourth-order valence-electron chi connectivity index (χ4n) is 4.74. The average Bonchev–Trinajstić information content (AvgIpc) is 3.31. The molecule has 5 rings (SSSR count). The van der Waals surface area contributed by atoms with E-state index in [1.807, 2.05) is 30.3 Å². The van der Waals surface area contributed by atoms with Crippen molar-refractivity contribution in [3.63, 3.8) is 0 Å². The summed E-state index contributed by atoms with van der Waals surface area (Å²) in [6, 6.07) is 16.3. The molecule has 0 N–H and O–H groups in total. The SMILES string of the molecule is COc1cc2c(cc1OC)C(c1cccc(Cl)c1)N(Cc1cc(OC)c3c(c1)OCO3)CC2. The summed E-state index contributed by atoms with van der Waals surface area (Å²) < 4.78 is 27.9. The van der Waals surface area contributed by atoms with Crippen LogP contribution in [-0.2, 0) is 13.0 Å². The fraction of sp³-hybridized carbons (Fsp3) is 0.308. The smallest absolute Gasteiger partial charge is 0.231 e. The van der Waals surface area contributed by atoms with Crippen LogP contribution in [0.2, 0.25) is 5.02 Å². The Kier molecular flexibility index (Phi) is 5.96. The van der Waals surface area contributed by atoms with Crippen molar-refractivity contribution in [2.45, 2.75) is 19.0 Å². The van der Waals surface area contributed by atoms with Gasteiger partial charge in [0.2, 0.25) is 12.5 Å². The number of hydrogen-bond donors (Lipinski definition) is 0. The van der Waals surface area contributed by atoms with Crippen molar-refractivity contribution in [2.75, 3.05) is 34.7 Å². The Balaban J connectivity index is 1.58. The van der Waals surface area contributed by atoms with Crippen molar-refractivity contribution in [3.05, 3.63) is 75.8 Å². The van der Waals surface area contributed by atoms with Crippen LogP contribution in [0.5, 0.6) is 28.7 Å². The van der Waals surface area contributed by atoms with Crippen molar-refractivity contribution in [2.24, 2.45) is 0 Å². The summed E-state index contributed by atoms with van der Waals surface area (Å²) in [4.78, 5) is 2.44. The quantitative estimate of drug-likeness (QED) is 0.494. The molecule has 33 heavy (non-hydrogen) atoms. The van der Waals surface area contributed by atoms with E-state index in [-0.39, 0.29) is 12.8 Å². The number of halogens is 1. The third kappa shape index (κ3) is 4.05. The standard InChI is InChI=1S/C26H26ClNO5/c1-29-21-12-17-7-8-28(14-16-9-23(31-3)26-24(10-16)32-15-33-26)25(20(17)13-22(21)30-2)18-5-4-6-19(27)11-18/h4-6,9-13,25H,7-8,14-15H2,1-3H3. The van der Waals surface area contributed by atoms with Crippen LogP contribution in [0.1, 0.15) is 28.3 Å². The molecule has 1 atom stereocenters. The largest absolute Gasteiger partial charge is 0.493 e. The molecule has 3 aromatic rings. The fourth-order valence-corrected chi connectivity index (χ4v) is 4.94. The number of hydrogen-bond acceptors (Lipinski definition) is 6. The molecular formula is C26H26ClNO5. The van der Waals surface area contributed by atoms with Crippen LogP contribution in [0.15, 0.2) is 48.5 Å². The van der Waals surface area contributed by atoms with Gasteiger partial charge < -0.3 is 23.7 Å². The van der Waals surface area contributed by atoms with Gasteiger partial charge in [0.15, 0.2) is 23.0 Å². The molecule has 0 fully saturated rings. The predicted molar refractivity (Wildman–Crippen MR) is 126 cm³/mol. The highest BCUT2D eigenvalue weighted by Crippen LogP contribution is 2.45. The lowest BCUT2D eigenvalue weighted by atomic mass is 9.87. The Morgan fingerprint density at radius 2 is 1.73 bits per heavy atom. The highest BCUT2D eigenvalue weighted by Gasteiger charge is 2.31. The Morgan fingerprint density at radius 1 is 0.939 bits per heavy atom. The van der Waals surface area contributed by atoms with Crippen molar-refractivity contribution in [1.29, 1.82) is 0 Å². The Hall–Kier alpha value is -3.09. The predicted octanol–water partition coefficient (Wildman–Crippen LogP) is 5.24. The maximum atomic E-state index is 6.40. The first kappa shape index (κ1) is 21.7. The molecule has 0 spiro atoms. The summed E-state index contributed by atoms with van der Waals surface area (Å²) >= 11 is 6.40. The van der Waals surface area contributed by atoms with E-state index in [4.69, 9.17) is 35.3 Å². The lowest BCUT2D eigenvalue weighted by Gasteiger charge is -2.38. The zero-order valence-electron chi connectivity index (χ0n) is 18.9. The second-order valence-electron chi connectivity index (χ2n) is 8.12. The average molecular weight is 468 g/mol. The van der Waals surface area contributed by atoms with Gasteiger partial charge in [0.1, 0.15) is 0 Å². The van der Waals surface area contributed by atoms with Gasteiger partial charge in [-0.25, -0.2) is 0 Å². The van der Waals surface area contributed by atoms with Crippen LogP contribution in [0, 0.1) is 0 Å². The van der Waals surface area contributed by atoms with E-state index in [0.29, 0.717) is 28.8 Å². The van der Waals surface area contributed by atoms with E-state index in [1.54, 1.807) is 21.3 Å². The lowest BCUT2D eigenvalue weighted by Crippen LogP contribution is -2.35. The summed E-state index contributed by atoms with van der Waals surface area (Å²) in [6.45, 7) is 1.79. The molecule has 0 saturated heterocycles. The topological polar surface area (TPSA) is 49.4 Å². The third-order valence-corrected chi connectivity index (χ3v) is 6.48. The molecule has 6 nitrogen and oxygen atoms in total. The maximum Gasteiger partial charge on any atom is 0.231 e. The zero-order valence-corrected chi connectivity index (χ0v) is 19.6. The van der Waals surface area contributed by atoms with Gasteiger partial charge in [-0.05, 0) is 65.1 Å². The van der Waals surface area contributed by atoms with Crippen molar-refractivity contribution < 1.29 is 23.7 Å². The van der Waals surface area contributed by atoms with Gasteiger partial charge in [-0.15, -0.1) is 0 Å². The molecule has 2 aliphatic rings. The second-order valence-corrected chi connectivity index (χ2v) is 8.55. The molecule has 3 aromatic carbocycles. The molecule has 1 unspecified atom stereocenters. The Morgan fingerprint density at radius 3 is 2.48 bits per heavy atom. The first-order chi connectivity index (χ1) is 16.1. The van der Waals surface area contributed by atoms with Crippen molar-refractivity contribution >= 4 is 11.6 Å². The van der Waals surface area contributed by atoms with Crippen LogP contribution in [0.3, 0.4) is 0 Å². The minimum atomic E-state index is 0.00340. The number of rotatable bonds is 6. The van der Waals surface area contributed by atoms with Crippen LogP contribution < -0.4 is 23.7 Å². The first-order valence-electron chi connectivity index (χ1n) is 10.8. The second kappa shape index (κ2) is 9.04. The van der Waals surface area contributed by atoms with E-state index in [9.17, 15) is 0 Å². The minimum absolute atomic E-state index is 0.00340. The lowest BCUT2D eigenvalue weighted by molar-refractivity contribution is 0.171. The summed E-state index contributed by atoms with van der Waals surface area (Å²) in [7, 11) is 4.98. The number of nitrogens with zero attached hydrogens (tertiary/aromatic N) is 1. The molecular weight excluding hydrogens is 442 g/mol. The van der Waals surface area contributed by atoms with E-state index in [2.05, 4.69) is 23.1 Å². The Bertz CT molecular complexity index is 1180. The molecule has 172 valence electrons. The summed E-state index contributed by atoms with van der Waals surface area (Å²) in [5.41, 5.74) is 4.65. The van der Waals surface area contributed by atoms with Crippen molar-refractivity contribution in [1.82, 2.24) is 4.90 Å². The number of benzene rings is 3. The van der Waals surface area contributed by atoms with Crippen molar-refractivity contribution in [3.8, 4) is 28.7 Å². The van der Waals surface area contributed by atoms with Gasteiger partial charge in [-0.1, -0.05) is 23.7 Å². The molecule has 2 heterocycles. The molecule has 0 aliphatic carbocycles. The van der Waals surface area contributed by atoms with Crippen LogP contribution in [0.4, 0.5) is 0 Å². The normalized spacial score (nSPS) is 16.9. The van der Waals surface area contributed by atoms with Crippen LogP contribution in [0.25, 0.3) is 0 Å². The molecule has 2 aliphatic heterocycles. The van der Waals surface area contributed by atoms with Gasteiger partial charge >= 0.3 is 0 Å². The highest BCUT2D eigenvalue weighted by molar-refractivity contribution is 6.30. The first-order valence-corrected chi connectivity index (χ1v) is 11.2. The Labute approximate surface area is 198 Å². The van der Waals surface area contributed by atoms with Gasteiger partial charge in [0.05, 0.1) is 27.4 Å². The van der Waals surface area contributed by atoms with Crippen LogP contribution >= 0.6 is 11.6 Å². The molecule has 0 amide bonds. The molecule has 0 radical (unpaired) electrons. The number of fused-ring (bicyclic) bond motifs is 2. The third-order valence-electron chi connectivity index (χ3n) is 6.24.